The maximum Gasteiger partial charge on any atom is 0.0147 e. The first-order chi connectivity index (χ1) is 5.20. The molecule has 1 nitrogen and oxygen atoms in total. The summed E-state index contributed by atoms with van der Waals surface area (Å²) in [6.07, 6.45) is 5.75. The zero-order valence-electron chi connectivity index (χ0n) is 7.77. The minimum Gasteiger partial charge on any atom is -0.300 e. The molecule has 1 atom stereocenters. The molecule has 0 N–H and O–H groups in total. The summed E-state index contributed by atoms with van der Waals surface area (Å²) in [4.78, 5) is 2.70. The third kappa shape index (κ3) is 1.20. The lowest BCUT2D eigenvalue weighted by molar-refractivity contribution is 0.0712. The predicted octanol–water partition coefficient (Wildman–Crippen LogP) is 2.27. The van der Waals surface area contributed by atoms with Crippen LogP contribution in [0, 0.1) is 5.41 Å². The van der Waals surface area contributed by atoms with E-state index in [-0.39, 0.29) is 0 Å². The number of hydrogen-bond donors (Lipinski definition) is 0. The molecule has 0 aromatic carbocycles. The average Bonchev–Trinajstić information content (AvgIpc) is 2.34. The minimum absolute atomic E-state index is 0.606. The molecule has 0 bridgehead atoms. The maximum absolute atomic E-state index is 2.70. The Hall–Kier alpha value is -0.0400. The fraction of sp³-hybridized carbons (Fsp3) is 1.00. The van der Waals surface area contributed by atoms with Crippen molar-refractivity contribution in [2.45, 2.75) is 45.6 Å². The fourth-order valence-corrected chi connectivity index (χ4v) is 2.88. The van der Waals surface area contributed by atoms with E-state index in [2.05, 4.69) is 18.7 Å². The standard InChI is InChI=1S/C10H19N/c1-10(2)6-4-8-11-7-3-5-9(10)11/h9H,3-8H2,1-2H3. The van der Waals surface area contributed by atoms with Crippen LogP contribution in [-0.2, 0) is 0 Å². The fourth-order valence-electron chi connectivity index (χ4n) is 2.88. The van der Waals surface area contributed by atoms with Gasteiger partial charge in [0.2, 0.25) is 0 Å². The van der Waals surface area contributed by atoms with Crippen LogP contribution in [0.4, 0.5) is 0 Å². The van der Waals surface area contributed by atoms with E-state index in [4.69, 9.17) is 0 Å². The van der Waals surface area contributed by atoms with Gasteiger partial charge in [-0.2, -0.15) is 0 Å². The molecule has 0 saturated carbocycles. The molecule has 2 aliphatic heterocycles. The quantitative estimate of drug-likeness (QED) is 0.516. The molecule has 0 radical (unpaired) electrons. The van der Waals surface area contributed by atoms with E-state index in [0.29, 0.717) is 5.41 Å². The predicted molar refractivity (Wildman–Crippen MR) is 47.6 cm³/mol. The second-order valence-electron chi connectivity index (χ2n) is 4.79. The van der Waals surface area contributed by atoms with Gasteiger partial charge in [0.05, 0.1) is 0 Å². The van der Waals surface area contributed by atoms with Crippen LogP contribution >= 0.6 is 0 Å². The number of fused-ring (bicyclic) bond motifs is 1. The van der Waals surface area contributed by atoms with Gasteiger partial charge >= 0.3 is 0 Å². The number of nitrogens with zero attached hydrogens (tertiary/aromatic N) is 1. The Morgan fingerprint density at radius 3 is 2.64 bits per heavy atom. The van der Waals surface area contributed by atoms with Gasteiger partial charge in [0.15, 0.2) is 0 Å². The Morgan fingerprint density at radius 1 is 1.18 bits per heavy atom. The van der Waals surface area contributed by atoms with E-state index in [1.165, 1.54) is 38.8 Å². The summed E-state index contributed by atoms with van der Waals surface area (Å²) in [6, 6.07) is 0.913. The van der Waals surface area contributed by atoms with Crippen LogP contribution in [0.15, 0.2) is 0 Å². The number of hydrogen-bond acceptors (Lipinski definition) is 1. The molecular weight excluding hydrogens is 134 g/mol. The van der Waals surface area contributed by atoms with Gasteiger partial charge < -0.3 is 0 Å². The highest BCUT2D eigenvalue weighted by Crippen LogP contribution is 2.40. The summed E-state index contributed by atoms with van der Waals surface area (Å²) in [6.45, 7) is 7.62. The lowest BCUT2D eigenvalue weighted by atomic mass is 9.76. The van der Waals surface area contributed by atoms with Crippen LogP contribution in [0.1, 0.15) is 39.5 Å². The summed E-state index contributed by atoms with van der Waals surface area (Å²) in [5, 5.41) is 0. The Labute approximate surface area is 69.8 Å². The molecule has 2 aliphatic rings. The summed E-state index contributed by atoms with van der Waals surface area (Å²) in [7, 11) is 0. The molecule has 0 aromatic rings. The van der Waals surface area contributed by atoms with Crippen molar-refractivity contribution in [3.05, 3.63) is 0 Å². The Balaban J connectivity index is 2.13. The lowest BCUT2D eigenvalue weighted by Crippen LogP contribution is -2.45. The van der Waals surface area contributed by atoms with Crippen molar-refractivity contribution in [3.63, 3.8) is 0 Å². The zero-order chi connectivity index (χ0) is 7.90. The third-order valence-electron chi connectivity index (χ3n) is 3.53. The van der Waals surface area contributed by atoms with Gasteiger partial charge in [-0.1, -0.05) is 13.8 Å². The molecule has 0 aliphatic carbocycles. The molecule has 2 heterocycles. The maximum atomic E-state index is 2.70. The molecule has 11 heavy (non-hydrogen) atoms. The van der Waals surface area contributed by atoms with E-state index in [1.807, 2.05) is 0 Å². The largest absolute Gasteiger partial charge is 0.300 e. The second-order valence-corrected chi connectivity index (χ2v) is 4.79. The first-order valence-electron chi connectivity index (χ1n) is 4.94. The van der Waals surface area contributed by atoms with Crippen molar-refractivity contribution in [2.24, 2.45) is 5.41 Å². The van der Waals surface area contributed by atoms with Crippen molar-refractivity contribution in [1.82, 2.24) is 4.90 Å². The Bertz CT molecular complexity index is 151. The van der Waals surface area contributed by atoms with Gasteiger partial charge in [0.25, 0.3) is 0 Å². The first kappa shape index (κ1) is 7.60. The Morgan fingerprint density at radius 2 is 1.91 bits per heavy atom. The highest BCUT2D eigenvalue weighted by molar-refractivity contribution is 4.93. The van der Waals surface area contributed by atoms with E-state index >= 15 is 0 Å². The first-order valence-corrected chi connectivity index (χ1v) is 4.94. The van der Waals surface area contributed by atoms with E-state index in [9.17, 15) is 0 Å². The topological polar surface area (TPSA) is 3.24 Å². The van der Waals surface area contributed by atoms with Crippen LogP contribution in [0.3, 0.4) is 0 Å². The van der Waals surface area contributed by atoms with Crippen LogP contribution in [0.2, 0.25) is 0 Å². The smallest absolute Gasteiger partial charge is 0.0147 e. The number of piperidine rings is 1. The van der Waals surface area contributed by atoms with E-state index in [1.54, 1.807) is 0 Å². The molecule has 64 valence electrons. The average molecular weight is 153 g/mol. The van der Waals surface area contributed by atoms with Crippen molar-refractivity contribution < 1.29 is 0 Å². The van der Waals surface area contributed by atoms with Gasteiger partial charge in [-0.15, -0.1) is 0 Å². The van der Waals surface area contributed by atoms with Crippen LogP contribution < -0.4 is 0 Å². The SMILES string of the molecule is CC1(C)CCCN2CCCC21. The van der Waals surface area contributed by atoms with Gasteiger partial charge in [0, 0.05) is 6.04 Å². The summed E-state index contributed by atoms with van der Waals surface area (Å²) < 4.78 is 0. The number of rotatable bonds is 0. The van der Waals surface area contributed by atoms with Gasteiger partial charge in [0.1, 0.15) is 0 Å². The molecule has 2 saturated heterocycles. The second kappa shape index (κ2) is 2.48. The Kier molecular flexibility index (Phi) is 1.71. The van der Waals surface area contributed by atoms with Crippen LogP contribution in [0.25, 0.3) is 0 Å². The zero-order valence-corrected chi connectivity index (χ0v) is 7.77. The van der Waals surface area contributed by atoms with Crippen molar-refractivity contribution >= 4 is 0 Å². The van der Waals surface area contributed by atoms with Crippen LogP contribution in [-0.4, -0.2) is 24.0 Å². The van der Waals surface area contributed by atoms with Crippen LogP contribution in [0.5, 0.6) is 0 Å². The van der Waals surface area contributed by atoms with Gasteiger partial charge in [-0.3, -0.25) is 4.90 Å². The summed E-state index contributed by atoms with van der Waals surface area (Å²) in [5.41, 5.74) is 0.606. The highest BCUT2D eigenvalue weighted by atomic mass is 15.2. The molecule has 0 spiro atoms. The van der Waals surface area contributed by atoms with Crippen molar-refractivity contribution in [1.29, 1.82) is 0 Å². The van der Waals surface area contributed by atoms with Crippen molar-refractivity contribution in [3.8, 4) is 0 Å². The minimum atomic E-state index is 0.606. The molecule has 2 fully saturated rings. The molecule has 0 amide bonds. The summed E-state index contributed by atoms with van der Waals surface area (Å²) in [5.74, 6) is 0. The monoisotopic (exact) mass is 153 g/mol. The van der Waals surface area contributed by atoms with Gasteiger partial charge in [-0.05, 0) is 44.2 Å². The molecule has 1 heteroatoms. The van der Waals surface area contributed by atoms with E-state index in [0.717, 1.165) is 6.04 Å². The van der Waals surface area contributed by atoms with E-state index < -0.39 is 0 Å². The highest BCUT2D eigenvalue weighted by Gasteiger charge is 2.39. The lowest BCUT2D eigenvalue weighted by Gasteiger charge is -2.42. The third-order valence-corrected chi connectivity index (χ3v) is 3.53. The molecule has 2 rings (SSSR count). The molecule has 1 unspecified atom stereocenters. The summed E-state index contributed by atoms with van der Waals surface area (Å²) >= 11 is 0. The van der Waals surface area contributed by atoms with Crippen molar-refractivity contribution in [2.75, 3.05) is 13.1 Å². The van der Waals surface area contributed by atoms with Gasteiger partial charge in [-0.25, -0.2) is 0 Å². The normalized spacial score (nSPS) is 37.1. The molecular formula is C10H19N. The molecule has 0 aromatic heterocycles.